The first-order valence-corrected chi connectivity index (χ1v) is 9.66. The van der Waals surface area contributed by atoms with Crippen molar-refractivity contribution in [2.45, 2.75) is 37.6 Å². The third-order valence-electron chi connectivity index (χ3n) is 6.58. The monoisotopic (exact) mass is 343 g/mol. The molecule has 5 heteroatoms. The smallest absolute Gasteiger partial charge is 0.407 e. The second-order valence-electron chi connectivity index (χ2n) is 8.05. The number of benzene rings is 1. The van der Waals surface area contributed by atoms with Gasteiger partial charge in [-0.05, 0) is 55.8 Å². The van der Waals surface area contributed by atoms with E-state index in [1.54, 1.807) is 10.5 Å². The topological polar surface area (TPSA) is 55.8 Å². The quantitative estimate of drug-likeness (QED) is 0.866. The number of piperidine rings is 2. The highest BCUT2D eigenvalue weighted by molar-refractivity contribution is 5.64. The lowest BCUT2D eigenvalue weighted by atomic mass is 9.69. The summed E-state index contributed by atoms with van der Waals surface area (Å²) < 4.78 is 0. The molecular weight excluding hydrogens is 314 g/mol. The standard InChI is InChI=1S/C20H29N3O2/c24-19(25)23-9-5-16(6-10-23)14-22-11-7-20(8-12-22)15-21-13-17-3-1-2-4-18(17)20/h1-4,16,21H,5-15H2,(H,24,25). The number of nitrogens with zero attached hydrogens (tertiary/aromatic N) is 2. The molecule has 3 heterocycles. The summed E-state index contributed by atoms with van der Waals surface area (Å²) in [7, 11) is 0. The molecule has 136 valence electrons. The van der Waals surface area contributed by atoms with Gasteiger partial charge in [0.2, 0.25) is 0 Å². The second-order valence-corrected chi connectivity index (χ2v) is 8.05. The lowest BCUT2D eigenvalue weighted by molar-refractivity contribution is 0.0956. The molecule has 2 saturated heterocycles. The van der Waals surface area contributed by atoms with Crippen molar-refractivity contribution in [3.05, 3.63) is 35.4 Å². The number of amides is 1. The van der Waals surface area contributed by atoms with Gasteiger partial charge < -0.3 is 20.2 Å². The van der Waals surface area contributed by atoms with Crippen LogP contribution in [0.5, 0.6) is 0 Å². The Balaban J connectivity index is 1.33. The number of carbonyl (C=O) groups is 1. The van der Waals surface area contributed by atoms with Crippen LogP contribution in [-0.4, -0.2) is 60.3 Å². The largest absolute Gasteiger partial charge is 0.465 e. The molecule has 0 saturated carbocycles. The summed E-state index contributed by atoms with van der Waals surface area (Å²) in [5.41, 5.74) is 3.37. The minimum atomic E-state index is -0.762. The van der Waals surface area contributed by atoms with Crippen LogP contribution >= 0.6 is 0 Å². The molecule has 0 bridgehead atoms. The van der Waals surface area contributed by atoms with E-state index in [9.17, 15) is 4.79 Å². The number of fused-ring (bicyclic) bond motifs is 2. The molecule has 0 aromatic heterocycles. The summed E-state index contributed by atoms with van der Waals surface area (Å²) >= 11 is 0. The highest BCUT2D eigenvalue weighted by Crippen LogP contribution is 2.39. The van der Waals surface area contributed by atoms with Gasteiger partial charge >= 0.3 is 6.09 Å². The van der Waals surface area contributed by atoms with Gasteiger partial charge in [-0.25, -0.2) is 4.79 Å². The van der Waals surface area contributed by atoms with Gasteiger partial charge in [0.15, 0.2) is 0 Å². The van der Waals surface area contributed by atoms with Crippen molar-refractivity contribution in [2.24, 2.45) is 5.92 Å². The predicted molar refractivity (Wildman–Crippen MR) is 97.8 cm³/mol. The normalized spacial score (nSPS) is 24.2. The van der Waals surface area contributed by atoms with Crippen molar-refractivity contribution >= 4 is 6.09 Å². The van der Waals surface area contributed by atoms with Crippen molar-refractivity contribution < 1.29 is 9.90 Å². The molecule has 1 aromatic carbocycles. The molecule has 1 amide bonds. The number of hydrogen-bond acceptors (Lipinski definition) is 3. The number of rotatable bonds is 2. The van der Waals surface area contributed by atoms with Gasteiger partial charge in [-0.2, -0.15) is 0 Å². The molecule has 0 atom stereocenters. The van der Waals surface area contributed by atoms with Gasteiger partial charge in [0.05, 0.1) is 0 Å². The Morgan fingerprint density at radius 2 is 1.88 bits per heavy atom. The predicted octanol–water partition coefficient (Wildman–Crippen LogP) is 2.51. The summed E-state index contributed by atoms with van der Waals surface area (Å²) in [5.74, 6) is 0.654. The Bertz CT molecular complexity index is 617. The zero-order valence-electron chi connectivity index (χ0n) is 14.9. The maximum absolute atomic E-state index is 11.0. The van der Waals surface area contributed by atoms with E-state index in [1.807, 2.05) is 0 Å². The van der Waals surface area contributed by atoms with Crippen LogP contribution in [0.25, 0.3) is 0 Å². The van der Waals surface area contributed by atoms with Crippen LogP contribution in [0.1, 0.15) is 36.8 Å². The molecule has 0 unspecified atom stereocenters. The van der Waals surface area contributed by atoms with Crippen LogP contribution in [0.15, 0.2) is 24.3 Å². The fraction of sp³-hybridized carbons (Fsp3) is 0.650. The summed E-state index contributed by atoms with van der Waals surface area (Å²) in [4.78, 5) is 15.2. The van der Waals surface area contributed by atoms with Crippen molar-refractivity contribution in [2.75, 3.05) is 39.3 Å². The Kier molecular flexibility index (Phi) is 4.69. The first-order chi connectivity index (χ1) is 12.2. The van der Waals surface area contributed by atoms with E-state index in [4.69, 9.17) is 5.11 Å². The van der Waals surface area contributed by atoms with Crippen LogP contribution in [0.4, 0.5) is 4.79 Å². The molecule has 1 aromatic rings. The Hall–Kier alpha value is -1.59. The van der Waals surface area contributed by atoms with Gasteiger partial charge in [0.25, 0.3) is 0 Å². The highest BCUT2D eigenvalue weighted by Gasteiger charge is 2.39. The molecule has 2 fully saturated rings. The van der Waals surface area contributed by atoms with Crippen molar-refractivity contribution in [3.63, 3.8) is 0 Å². The molecule has 3 aliphatic heterocycles. The maximum Gasteiger partial charge on any atom is 0.407 e. The molecule has 4 rings (SSSR count). The average Bonchev–Trinajstić information content (AvgIpc) is 2.65. The van der Waals surface area contributed by atoms with E-state index < -0.39 is 6.09 Å². The number of nitrogens with one attached hydrogen (secondary N) is 1. The second kappa shape index (κ2) is 6.96. The van der Waals surface area contributed by atoms with E-state index in [2.05, 4.69) is 34.5 Å². The van der Waals surface area contributed by atoms with Crippen LogP contribution in [0.3, 0.4) is 0 Å². The van der Waals surface area contributed by atoms with E-state index in [1.165, 1.54) is 18.4 Å². The van der Waals surface area contributed by atoms with Crippen LogP contribution in [0.2, 0.25) is 0 Å². The Morgan fingerprint density at radius 3 is 2.60 bits per heavy atom. The van der Waals surface area contributed by atoms with Gasteiger partial charge in [-0.1, -0.05) is 24.3 Å². The summed E-state index contributed by atoms with van der Waals surface area (Å²) in [6.45, 7) is 6.98. The fourth-order valence-electron chi connectivity index (χ4n) is 5.01. The summed E-state index contributed by atoms with van der Waals surface area (Å²) in [6.07, 6.45) is 3.72. The third-order valence-corrected chi connectivity index (χ3v) is 6.58. The molecule has 0 aliphatic carbocycles. The van der Waals surface area contributed by atoms with Gasteiger partial charge in [-0.15, -0.1) is 0 Å². The zero-order valence-corrected chi connectivity index (χ0v) is 14.9. The number of carboxylic acid groups (broad SMARTS) is 1. The van der Waals surface area contributed by atoms with Gasteiger partial charge in [-0.3, -0.25) is 0 Å². The summed E-state index contributed by atoms with van der Waals surface area (Å²) in [6, 6.07) is 8.95. The van der Waals surface area contributed by atoms with Crippen LogP contribution in [-0.2, 0) is 12.0 Å². The van der Waals surface area contributed by atoms with E-state index in [-0.39, 0.29) is 0 Å². The lowest BCUT2D eigenvalue weighted by Gasteiger charge is -2.46. The number of hydrogen-bond donors (Lipinski definition) is 2. The third kappa shape index (κ3) is 3.40. The van der Waals surface area contributed by atoms with E-state index >= 15 is 0 Å². The molecule has 25 heavy (non-hydrogen) atoms. The molecule has 3 aliphatic rings. The van der Waals surface area contributed by atoms with Crippen LogP contribution in [0, 0.1) is 5.92 Å². The first kappa shape index (κ1) is 16.9. The SMILES string of the molecule is O=C(O)N1CCC(CN2CCC3(CC2)CNCc2ccccc23)CC1. The molecule has 2 N–H and O–H groups in total. The van der Waals surface area contributed by atoms with Crippen molar-refractivity contribution in [1.82, 2.24) is 15.1 Å². The summed E-state index contributed by atoms with van der Waals surface area (Å²) in [5, 5.41) is 12.7. The fourth-order valence-corrected chi connectivity index (χ4v) is 5.01. The van der Waals surface area contributed by atoms with Crippen molar-refractivity contribution in [3.8, 4) is 0 Å². The van der Waals surface area contributed by atoms with Crippen LogP contribution < -0.4 is 5.32 Å². The van der Waals surface area contributed by atoms with E-state index in [0.717, 1.165) is 45.6 Å². The maximum atomic E-state index is 11.0. The highest BCUT2D eigenvalue weighted by atomic mass is 16.4. The van der Waals surface area contributed by atoms with Crippen molar-refractivity contribution in [1.29, 1.82) is 0 Å². The minimum Gasteiger partial charge on any atom is -0.465 e. The molecular formula is C20H29N3O2. The number of likely N-dealkylation sites (tertiary alicyclic amines) is 2. The Morgan fingerprint density at radius 1 is 1.16 bits per heavy atom. The zero-order chi connectivity index (χ0) is 17.3. The average molecular weight is 343 g/mol. The molecule has 0 radical (unpaired) electrons. The minimum absolute atomic E-state index is 0.317. The van der Waals surface area contributed by atoms with Gasteiger partial charge in [0.1, 0.15) is 0 Å². The van der Waals surface area contributed by atoms with E-state index in [0.29, 0.717) is 24.4 Å². The lowest BCUT2D eigenvalue weighted by Crippen LogP contribution is -2.51. The molecule has 1 spiro atoms. The Labute approximate surface area is 150 Å². The molecule has 5 nitrogen and oxygen atoms in total. The first-order valence-electron chi connectivity index (χ1n) is 9.66. The van der Waals surface area contributed by atoms with Gasteiger partial charge in [0, 0.05) is 38.1 Å².